The van der Waals surface area contributed by atoms with Crippen molar-refractivity contribution in [2.24, 2.45) is 4.99 Å². The highest BCUT2D eigenvalue weighted by atomic mass is 127. The number of benzene rings is 2. The molecule has 3 aromatic rings. The van der Waals surface area contributed by atoms with Gasteiger partial charge in [-0.2, -0.15) is 5.10 Å². The summed E-state index contributed by atoms with van der Waals surface area (Å²) in [6, 6.07) is 15.0. The lowest BCUT2D eigenvalue weighted by molar-refractivity contribution is 0.623. The topological polar surface area (TPSA) is 54.2 Å². The lowest BCUT2D eigenvalue weighted by Crippen LogP contribution is -2.36. The van der Waals surface area contributed by atoms with E-state index in [2.05, 4.69) is 48.8 Å². The monoisotopic (exact) mass is 557 g/mol. The van der Waals surface area contributed by atoms with Crippen LogP contribution in [0.3, 0.4) is 0 Å². The molecule has 0 saturated carbocycles. The van der Waals surface area contributed by atoms with Crippen LogP contribution in [0.25, 0.3) is 0 Å². The molecule has 8 heteroatoms. The summed E-state index contributed by atoms with van der Waals surface area (Å²) >= 11 is 3.31. The Labute approximate surface area is 189 Å². The Balaban J connectivity index is 0.00000280. The Hall–Kier alpha value is -1.94. The van der Waals surface area contributed by atoms with Crippen LogP contribution in [0.4, 0.5) is 4.39 Å². The van der Waals surface area contributed by atoms with Crippen molar-refractivity contribution in [1.29, 1.82) is 0 Å². The molecule has 0 aliphatic carbocycles. The second kappa shape index (κ2) is 11.2. The van der Waals surface area contributed by atoms with Crippen molar-refractivity contribution < 1.29 is 4.39 Å². The summed E-state index contributed by atoms with van der Waals surface area (Å²) in [4.78, 5) is 4.24. The Morgan fingerprint density at radius 3 is 2.54 bits per heavy atom. The fourth-order valence-corrected chi connectivity index (χ4v) is 3.26. The number of hydrogen-bond donors (Lipinski definition) is 2. The fourth-order valence-electron chi connectivity index (χ4n) is 2.75. The van der Waals surface area contributed by atoms with Gasteiger partial charge in [0.05, 0.1) is 6.54 Å². The second-order valence-electron chi connectivity index (χ2n) is 6.03. The first-order chi connectivity index (χ1) is 13.1. The van der Waals surface area contributed by atoms with Gasteiger partial charge in [0.2, 0.25) is 0 Å². The molecule has 2 N–H and O–H groups in total. The van der Waals surface area contributed by atoms with Gasteiger partial charge >= 0.3 is 0 Å². The smallest absolute Gasteiger partial charge is 0.191 e. The number of aliphatic imine (C=N–C) groups is 1. The average Bonchev–Trinajstić information content (AvgIpc) is 3.15. The van der Waals surface area contributed by atoms with Crippen molar-refractivity contribution in [3.63, 3.8) is 0 Å². The minimum atomic E-state index is -0.267. The van der Waals surface area contributed by atoms with E-state index in [1.165, 1.54) is 23.3 Å². The fraction of sp³-hybridized carbons (Fsp3) is 0.200. The number of nitrogens with zero attached hydrogens (tertiary/aromatic N) is 3. The molecule has 0 aliphatic heterocycles. The third-order valence-electron chi connectivity index (χ3n) is 4.06. The van der Waals surface area contributed by atoms with Gasteiger partial charge in [-0.3, -0.25) is 9.67 Å². The molecule has 2 aromatic carbocycles. The van der Waals surface area contributed by atoms with E-state index in [0.29, 0.717) is 25.6 Å². The molecule has 0 unspecified atom stereocenters. The summed E-state index contributed by atoms with van der Waals surface area (Å²) in [5.74, 6) is 0.390. The number of hydrogen-bond acceptors (Lipinski definition) is 2. The first-order valence-electron chi connectivity index (χ1n) is 8.58. The van der Waals surface area contributed by atoms with E-state index in [1.54, 1.807) is 13.2 Å². The predicted octanol–water partition coefficient (Wildman–Crippen LogP) is 4.32. The first-order valence-corrected chi connectivity index (χ1v) is 9.37. The van der Waals surface area contributed by atoms with Crippen molar-refractivity contribution >= 4 is 45.9 Å². The molecule has 0 amide bonds. The largest absolute Gasteiger partial charge is 0.352 e. The molecule has 0 spiro atoms. The van der Waals surface area contributed by atoms with E-state index in [-0.39, 0.29) is 29.8 Å². The molecule has 3 rings (SSSR count). The van der Waals surface area contributed by atoms with E-state index in [0.717, 1.165) is 10.0 Å². The van der Waals surface area contributed by atoms with Gasteiger partial charge in [-0.1, -0.05) is 40.2 Å². The number of aromatic nitrogens is 2. The van der Waals surface area contributed by atoms with Crippen LogP contribution < -0.4 is 10.6 Å². The van der Waals surface area contributed by atoms with Gasteiger partial charge < -0.3 is 10.6 Å². The van der Waals surface area contributed by atoms with E-state index in [1.807, 2.05) is 35.1 Å². The van der Waals surface area contributed by atoms with Crippen molar-refractivity contribution in [2.45, 2.75) is 19.6 Å². The quantitative estimate of drug-likeness (QED) is 0.270. The maximum absolute atomic E-state index is 13.5. The van der Waals surface area contributed by atoms with Gasteiger partial charge in [0, 0.05) is 37.0 Å². The highest BCUT2D eigenvalue weighted by Gasteiger charge is 2.05. The number of nitrogens with one attached hydrogen (secondary N) is 2. The van der Waals surface area contributed by atoms with E-state index >= 15 is 0 Å². The van der Waals surface area contributed by atoms with Crippen LogP contribution in [-0.4, -0.2) is 22.8 Å². The number of rotatable bonds is 6. The van der Waals surface area contributed by atoms with Gasteiger partial charge in [0.15, 0.2) is 5.96 Å². The molecule has 0 radical (unpaired) electrons. The highest BCUT2D eigenvalue weighted by Crippen LogP contribution is 2.15. The van der Waals surface area contributed by atoms with Gasteiger partial charge in [0.1, 0.15) is 5.82 Å². The predicted molar refractivity (Wildman–Crippen MR) is 124 cm³/mol. The summed E-state index contributed by atoms with van der Waals surface area (Å²) < 4.78 is 16.1. The molecule has 148 valence electrons. The summed E-state index contributed by atoms with van der Waals surface area (Å²) in [5, 5.41) is 10.8. The summed E-state index contributed by atoms with van der Waals surface area (Å²) in [6.45, 7) is 1.82. The molecule has 1 aromatic heterocycles. The molecule has 5 nitrogen and oxygen atoms in total. The summed E-state index contributed by atoms with van der Waals surface area (Å²) in [5.41, 5.74) is 3.20. The van der Waals surface area contributed by atoms with Crippen LogP contribution in [0.1, 0.15) is 16.7 Å². The van der Waals surface area contributed by atoms with Crippen LogP contribution in [0.15, 0.2) is 70.4 Å². The number of guanidine groups is 1. The molecular weight excluding hydrogens is 536 g/mol. The van der Waals surface area contributed by atoms with E-state index in [4.69, 9.17) is 0 Å². The third-order valence-corrected chi connectivity index (χ3v) is 4.52. The summed E-state index contributed by atoms with van der Waals surface area (Å²) in [7, 11) is 1.71. The van der Waals surface area contributed by atoms with Gasteiger partial charge in [-0.05, 0) is 41.0 Å². The summed E-state index contributed by atoms with van der Waals surface area (Å²) in [6.07, 6.45) is 3.72. The molecular formula is C20H22BrFIN5. The maximum atomic E-state index is 13.5. The third kappa shape index (κ3) is 6.59. The van der Waals surface area contributed by atoms with Gasteiger partial charge in [0.25, 0.3) is 0 Å². The van der Waals surface area contributed by atoms with Gasteiger partial charge in [-0.15, -0.1) is 24.0 Å². The van der Waals surface area contributed by atoms with Crippen LogP contribution in [-0.2, 0) is 19.6 Å². The highest BCUT2D eigenvalue weighted by molar-refractivity contribution is 14.0. The Kier molecular flexibility index (Phi) is 8.91. The molecule has 0 aliphatic rings. The van der Waals surface area contributed by atoms with E-state index in [9.17, 15) is 4.39 Å². The van der Waals surface area contributed by atoms with Crippen molar-refractivity contribution in [1.82, 2.24) is 20.4 Å². The van der Waals surface area contributed by atoms with Crippen LogP contribution >= 0.6 is 39.9 Å². The van der Waals surface area contributed by atoms with Crippen LogP contribution in [0.5, 0.6) is 0 Å². The number of halogens is 3. The van der Waals surface area contributed by atoms with Crippen molar-refractivity contribution in [3.8, 4) is 0 Å². The SMILES string of the molecule is CN=C(NCc1cc(F)cc(Br)c1)NCc1ccccc1Cn1cccn1.I. The molecule has 0 fully saturated rings. The minimum absolute atomic E-state index is 0. The zero-order chi connectivity index (χ0) is 19.1. The Morgan fingerprint density at radius 1 is 1.11 bits per heavy atom. The first kappa shape index (κ1) is 22.4. The normalized spacial score (nSPS) is 11.0. The average molecular weight is 558 g/mol. The zero-order valence-corrected chi connectivity index (χ0v) is 19.3. The maximum Gasteiger partial charge on any atom is 0.191 e. The molecule has 1 heterocycles. The molecule has 28 heavy (non-hydrogen) atoms. The van der Waals surface area contributed by atoms with Crippen molar-refractivity contribution in [3.05, 3.63) is 87.9 Å². The second-order valence-corrected chi connectivity index (χ2v) is 6.95. The minimum Gasteiger partial charge on any atom is -0.352 e. The Morgan fingerprint density at radius 2 is 1.86 bits per heavy atom. The van der Waals surface area contributed by atoms with Gasteiger partial charge in [-0.25, -0.2) is 4.39 Å². The standard InChI is InChI=1S/C20H21BrFN5.HI/c1-23-20(24-12-15-9-18(21)11-19(22)10-15)25-13-16-5-2-3-6-17(16)14-27-8-4-7-26-27;/h2-11H,12-14H2,1H3,(H2,23,24,25);1H. The van der Waals surface area contributed by atoms with Crippen molar-refractivity contribution in [2.75, 3.05) is 7.05 Å². The molecule has 0 bridgehead atoms. The zero-order valence-electron chi connectivity index (χ0n) is 15.4. The molecule has 0 saturated heterocycles. The van der Waals surface area contributed by atoms with E-state index < -0.39 is 0 Å². The Bertz CT molecular complexity index is 894. The van der Waals surface area contributed by atoms with Crippen LogP contribution in [0.2, 0.25) is 0 Å². The lowest BCUT2D eigenvalue weighted by atomic mass is 10.1. The molecule has 0 atom stereocenters. The lowest BCUT2D eigenvalue weighted by Gasteiger charge is -2.14. The van der Waals surface area contributed by atoms with Crippen LogP contribution in [0, 0.1) is 5.82 Å².